The van der Waals surface area contributed by atoms with E-state index in [0.29, 0.717) is 0 Å². The van der Waals surface area contributed by atoms with Gasteiger partial charge < -0.3 is 15.8 Å². The predicted molar refractivity (Wildman–Crippen MR) is 116 cm³/mol. The van der Waals surface area contributed by atoms with Crippen molar-refractivity contribution >= 4 is 11.8 Å². The molecule has 0 fully saturated rings. The average molecular weight is 436 g/mol. The van der Waals surface area contributed by atoms with E-state index < -0.39 is 17.8 Å². The molecule has 0 spiro atoms. The lowest BCUT2D eigenvalue weighted by Gasteiger charge is -2.14. The van der Waals surface area contributed by atoms with Gasteiger partial charge in [-0.05, 0) is 40.5 Å². The van der Waals surface area contributed by atoms with Crippen LogP contribution in [0.25, 0.3) is 11.1 Å². The first-order valence-corrected chi connectivity index (χ1v) is 9.88. The molecule has 0 heterocycles. The fourth-order valence-electron chi connectivity index (χ4n) is 3.80. The number of fused-ring (bicyclic) bond motifs is 3. The van der Waals surface area contributed by atoms with E-state index in [9.17, 15) is 18.0 Å². The zero-order chi connectivity index (χ0) is 22.7. The number of alkyl halides is 3. The summed E-state index contributed by atoms with van der Waals surface area (Å²) in [5.74, 6) is 5.13. The molecule has 4 nitrogen and oxygen atoms in total. The van der Waals surface area contributed by atoms with Gasteiger partial charge in [-0.25, -0.2) is 4.79 Å². The summed E-state index contributed by atoms with van der Waals surface area (Å²) >= 11 is 0. The third kappa shape index (κ3) is 4.54. The zero-order valence-corrected chi connectivity index (χ0v) is 16.9. The Kier molecular flexibility index (Phi) is 5.78. The lowest BCUT2D eigenvalue weighted by molar-refractivity contribution is -0.137. The van der Waals surface area contributed by atoms with Crippen molar-refractivity contribution in [1.29, 1.82) is 0 Å². The van der Waals surface area contributed by atoms with Crippen molar-refractivity contribution in [2.24, 2.45) is 0 Å². The Morgan fingerprint density at radius 2 is 1.62 bits per heavy atom. The Balaban J connectivity index is 1.35. The molecule has 3 aromatic carbocycles. The van der Waals surface area contributed by atoms with Crippen molar-refractivity contribution < 1.29 is 22.7 Å². The summed E-state index contributed by atoms with van der Waals surface area (Å²) in [5, 5.41) is 2.50. The van der Waals surface area contributed by atoms with Gasteiger partial charge >= 0.3 is 12.3 Å². The summed E-state index contributed by atoms with van der Waals surface area (Å²) in [4.78, 5) is 12.1. The van der Waals surface area contributed by atoms with Crippen LogP contribution in [0.5, 0.6) is 0 Å². The minimum Gasteiger partial charge on any atom is -0.449 e. The van der Waals surface area contributed by atoms with Crippen LogP contribution in [0.2, 0.25) is 0 Å². The third-order valence-electron chi connectivity index (χ3n) is 5.18. The molecule has 0 aromatic heterocycles. The first-order chi connectivity index (χ1) is 15.3. The molecule has 1 aliphatic carbocycles. The lowest BCUT2D eigenvalue weighted by atomic mass is 9.98. The summed E-state index contributed by atoms with van der Waals surface area (Å²) < 4.78 is 44.0. The number of anilines is 1. The number of nitrogen functional groups attached to an aromatic ring is 1. The predicted octanol–water partition coefficient (Wildman–Crippen LogP) is 5.18. The van der Waals surface area contributed by atoms with Gasteiger partial charge in [0.1, 0.15) is 6.61 Å². The molecule has 162 valence electrons. The molecule has 32 heavy (non-hydrogen) atoms. The summed E-state index contributed by atoms with van der Waals surface area (Å²) in [7, 11) is 0. The largest absolute Gasteiger partial charge is 0.449 e. The van der Waals surface area contributed by atoms with Crippen LogP contribution >= 0.6 is 0 Å². The molecule has 0 saturated carbocycles. The number of carbonyl (C=O) groups is 1. The lowest BCUT2D eigenvalue weighted by Crippen LogP contribution is -2.26. The van der Waals surface area contributed by atoms with Crippen molar-refractivity contribution in [3.63, 3.8) is 0 Å². The standard InChI is InChI=1S/C25H19F3N2O2/c26-25(27,28)17-12-16(13-18(29)14-17)6-5-11-30-24(31)32-15-23-21-9-3-1-7-19(21)20-8-2-4-10-22(20)23/h1-4,7-10,12-14,23H,11,15,29H2,(H,30,31). The van der Waals surface area contributed by atoms with Crippen molar-refractivity contribution in [2.75, 3.05) is 18.9 Å². The van der Waals surface area contributed by atoms with Crippen LogP contribution in [0.3, 0.4) is 0 Å². The molecule has 0 saturated heterocycles. The molecule has 0 atom stereocenters. The molecule has 3 aromatic rings. The van der Waals surface area contributed by atoms with E-state index in [4.69, 9.17) is 10.5 Å². The highest BCUT2D eigenvalue weighted by Crippen LogP contribution is 2.44. The van der Waals surface area contributed by atoms with Crippen LogP contribution in [0.4, 0.5) is 23.7 Å². The topological polar surface area (TPSA) is 64.3 Å². The molecule has 1 amide bonds. The molecular weight excluding hydrogens is 417 g/mol. The maximum atomic E-state index is 12.9. The van der Waals surface area contributed by atoms with Gasteiger partial charge in [0, 0.05) is 17.2 Å². The second-order valence-corrected chi connectivity index (χ2v) is 7.32. The van der Waals surface area contributed by atoms with Crippen molar-refractivity contribution in [3.8, 4) is 23.0 Å². The van der Waals surface area contributed by atoms with Gasteiger partial charge in [-0.2, -0.15) is 13.2 Å². The highest BCUT2D eigenvalue weighted by atomic mass is 19.4. The summed E-state index contributed by atoms with van der Waals surface area (Å²) in [6.45, 7) is 0.0876. The maximum Gasteiger partial charge on any atom is 0.416 e. The second kappa shape index (κ2) is 8.67. The van der Waals surface area contributed by atoms with E-state index in [2.05, 4.69) is 17.2 Å². The monoisotopic (exact) mass is 436 g/mol. The van der Waals surface area contributed by atoms with E-state index >= 15 is 0 Å². The van der Waals surface area contributed by atoms with Gasteiger partial charge in [0.15, 0.2) is 0 Å². The van der Waals surface area contributed by atoms with Gasteiger partial charge in [0.25, 0.3) is 0 Å². The second-order valence-electron chi connectivity index (χ2n) is 7.32. The number of hydrogen-bond donors (Lipinski definition) is 2. The summed E-state index contributed by atoms with van der Waals surface area (Å²) in [5.41, 5.74) is 9.19. The van der Waals surface area contributed by atoms with Gasteiger partial charge in [-0.1, -0.05) is 60.4 Å². The van der Waals surface area contributed by atoms with Gasteiger partial charge in [-0.15, -0.1) is 0 Å². The van der Waals surface area contributed by atoms with E-state index in [1.54, 1.807) is 0 Å². The number of alkyl carbamates (subject to hydrolysis) is 1. The van der Waals surface area contributed by atoms with Crippen LogP contribution in [0, 0.1) is 11.8 Å². The molecular formula is C25H19F3N2O2. The third-order valence-corrected chi connectivity index (χ3v) is 5.18. The van der Waals surface area contributed by atoms with E-state index in [-0.39, 0.29) is 30.3 Å². The Hall–Kier alpha value is -3.92. The number of rotatable bonds is 3. The number of hydrogen-bond acceptors (Lipinski definition) is 3. The number of ether oxygens (including phenoxy) is 1. The van der Waals surface area contributed by atoms with Crippen LogP contribution in [-0.4, -0.2) is 19.2 Å². The smallest absolute Gasteiger partial charge is 0.416 e. The van der Waals surface area contributed by atoms with Gasteiger partial charge in [0.05, 0.1) is 12.1 Å². The molecule has 0 aliphatic heterocycles. The number of amides is 1. The fraction of sp³-hybridized carbons (Fsp3) is 0.160. The molecule has 4 rings (SSSR count). The van der Waals surface area contributed by atoms with E-state index in [0.717, 1.165) is 34.4 Å². The maximum absolute atomic E-state index is 12.9. The molecule has 7 heteroatoms. The normalized spacial score (nSPS) is 12.3. The number of benzene rings is 3. The quantitative estimate of drug-likeness (QED) is 0.439. The molecule has 1 aliphatic rings. The van der Waals surface area contributed by atoms with Crippen LogP contribution in [-0.2, 0) is 10.9 Å². The Bertz CT molecular complexity index is 1180. The first kappa shape index (κ1) is 21.3. The first-order valence-electron chi connectivity index (χ1n) is 9.88. The number of carbonyl (C=O) groups excluding carboxylic acids is 1. The molecule has 0 unspecified atom stereocenters. The minimum atomic E-state index is -4.51. The van der Waals surface area contributed by atoms with Crippen molar-refractivity contribution in [3.05, 3.63) is 89.0 Å². The number of nitrogens with one attached hydrogen (secondary N) is 1. The van der Waals surface area contributed by atoms with Crippen LogP contribution in [0.15, 0.2) is 66.7 Å². The zero-order valence-electron chi connectivity index (χ0n) is 16.9. The fourth-order valence-corrected chi connectivity index (χ4v) is 3.80. The highest BCUT2D eigenvalue weighted by molar-refractivity contribution is 5.79. The number of nitrogens with two attached hydrogens (primary N) is 1. The van der Waals surface area contributed by atoms with Crippen LogP contribution < -0.4 is 11.1 Å². The summed E-state index contributed by atoms with van der Waals surface area (Å²) in [6.07, 6.45) is -5.16. The van der Waals surface area contributed by atoms with Gasteiger partial charge in [-0.3, -0.25) is 0 Å². The highest BCUT2D eigenvalue weighted by Gasteiger charge is 2.31. The average Bonchev–Trinajstić information content (AvgIpc) is 3.08. The van der Waals surface area contributed by atoms with Crippen molar-refractivity contribution in [1.82, 2.24) is 5.32 Å². The molecule has 0 bridgehead atoms. The Morgan fingerprint density at radius 1 is 1.00 bits per heavy atom. The SMILES string of the molecule is Nc1cc(C#CCNC(=O)OCC2c3ccccc3-c3ccccc32)cc(C(F)(F)F)c1. The molecule has 3 N–H and O–H groups in total. The van der Waals surface area contributed by atoms with Gasteiger partial charge in [0.2, 0.25) is 0 Å². The van der Waals surface area contributed by atoms with E-state index in [1.807, 2.05) is 48.5 Å². The molecule has 0 radical (unpaired) electrons. The minimum absolute atomic E-state index is 0.0337. The van der Waals surface area contributed by atoms with E-state index in [1.165, 1.54) is 6.07 Å². The van der Waals surface area contributed by atoms with Crippen LogP contribution in [0.1, 0.15) is 28.2 Å². The van der Waals surface area contributed by atoms with Crippen molar-refractivity contribution in [2.45, 2.75) is 12.1 Å². The Labute approximate surface area is 183 Å². The Morgan fingerprint density at radius 3 is 2.25 bits per heavy atom. The summed E-state index contributed by atoms with van der Waals surface area (Å²) in [6, 6.07) is 19.1. The number of halogens is 3.